The molecule has 4 aliphatic rings. The summed E-state index contributed by atoms with van der Waals surface area (Å²) in [5, 5.41) is 9.71. The lowest BCUT2D eigenvalue weighted by molar-refractivity contribution is -0.132. The molecule has 2 saturated carbocycles. The Labute approximate surface area is 143 Å². The molecule has 4 atom stereocenters. The molecule has 1 aliphatic heterocycles. The van der Waals surface area contributed by atoms with Crippen molar-refractivity contribution in [2.75, 3.05) is 13.6 Å². The zero-order valence-corrected chi connectivity index (χ0v) is 14.6. The summed E-state index contributed by atoms with van der Waals surface area (Å²) in [5.74, 6) is 0.961. The maximum atomic E-state index is 11.8. The van der Waals surface area contributed by atoms with Crippen LogP contribution in [0.1, 0.15) is 45.4 Å². The second kappa shape index (κ2) is 5.11. The topological polar surface area (TPSA) is 78.9 Å². The van der Waals surface area contributed by atoms with E-state index in [0.29, 0.717) is 23.4 Å². The maximum Gasteiger partial charge on any atom is 0.331 e. The Balaban J connectivity index is 1.85. The number of guanidine groups is 1. The number of nitrogens with zero attached hydrogens (tertiary/aromatic N) is 2. The highest BCUT2D eigenvalue weighted by Crippen LogP contribution is 2.74. The highest BCUT2D eigenvalue weighted by molar-refractivity contribution is 5.89. The van der Waals surface area contributed by atoms with Gasteiger partial charge in [0.25, 0.3) is 0 Å². The molecule has 130 valence electrons. The fourth-order valence-electron chi connectivity index (χ4n) is 6.62. The van der Waals surface area contributed by atoms with E-state index in [1.54, 1.807) is 7.05 Å². The standard InChI is InChI=1S/C19H27N3O2/c1-12-4-5-13-10-15-14(16(23)24)6-8-19(12,15)18(13)7-3-9-22(11-18)17(20)21-2/h3,9,12-13H,4-8,10-11H2,1-2H3,(H2,20,21)(H,23,24)/t12-,13-,18-,19+/m1/s1. The van der Waals surface area contributed by atoms with Gasteiger partial charge in [-0.1, -0.05) is 18.6 Å². The summed E-state index contributed by atoms with van der Waals surface area (Å²) in [6.07, 6.45) is 10.4. The molecule has 24 heavy (non-hydrogen) atoms. The van der Waals surface area contributed by atoms with Gasteiger partial charge in [0.05, 0.1) is 0 Å². The number of hydrogen-bond acceptors (Lipinski definition) is 2. The van der Waals surface area contributed by atoms with Crippen LogP contribution in [-0.4, -0.2) is 35.5 Å². The zero-order valence-electron chi connectivity index (χ0n) is 14.6. The summed E-state index contributed by atoms with van der Waals surface area (Å²) in [6.45, 7) is 3.21. The zero-order chi connectivity index (χ0) is 17.1. The van der Waals surface area contributed by atoms with Crippen LogP contribution < -0.4 is 5.73 Å². The quantitative estimate of drug-likeness (QED) is 0.573. The molecule has 5 heteroatoms. The Morgan fingerprint density at radius 3 is 2.96 bits per heavy atom. The number of allylic oxidation sites excluding steroid dienone is 2. The summed E-state index contributed by atoms with van der Waals surface area (Å²) in [5.41, 5.74) is 8.25. The van der Waals surface area contributed by atoms with Gasteiger partial charge in [0, 0.05) is 36.2 Å². The van der Waals surface area contributed by atoms with Crippen LogP contribution >= 0.6 is 0 Å². The summed E-state index contributed by atoms with van der Waals surface area (Å²) in [4.78, 5) is 18.1. The van der Waals surface area contributed by atoms with Gasteiger partial charge in [0.15, 0.2) is 5.96 Å². The number of carboxylic acids is 1. The van der Waals surface area contributed by atoms with E-state index in [1.165, 1.54) is 18.4 Å². The lowest BCUT2D eigenvalue weighted by Gasteiger charge is -2.57. The minimum absolute atomic E-state index is 0.0423. The van der Waals surface area contributed by atoms with Crippen LogP contribution in [0.4, 0.5) is 0 Å². The summed E-state index contributed by atoms with van der Waals surface area (Å²) >= 11 is 0. The van der Waals surface area contributed by atoms with Gasteiger partial charge in [-0.2, -0.15) is 0 Å². The van der Waals surface area contributed by atoms with Crippen LogP contribution in [0.5, 0.6) is 0 Å². The van der Waals surface area contributed by atoms with E-state index in [9.17, 15) is 9.90 Å². The number of aliphatic carboxylic acids is 1. The minimum atomic E-state index is -0.699. The fourth-order valence-corrected chi connectivity index (χ4v) is 6.62. The SMILES string of the molecule is CN=C(N)N1C=CC[C@@]2(C1)[C@@H]1CC[C@@H](C)[C@]23CCC(C(=O)O)=C3C1. The third kappa shape index (κ3) is 1.70. The predicted molar refractivity (Wildman–Crippen MR) is 93.3 cm³/mol. The van der Waals surface area contributed by atoms with Crippen molar-refractivity contribution in [1.29, 1.82) is 0 Å². The number of aliphatic imine (C=N–C) groups is 1. The van der Waals surface area contributed by atoms with E-state index in [0.717, 1.165) is 32.2 Å². The van der Waals surface area contributed by atoms with Crippen molar-refractivity contribution in [3.63, 3.8) is 0 Å². The van der Waals surface area contributed by atoms with Gasteiger partial charge in [-0.05, 0) is 50.4 Å². The van der Waals surface area contributed by atoms with Crippen molar-refractivity contribution in [3.8, 4) is 0 Å². The molecule has 1 heterocycles. The molecule has 4 rings (SSSR count). The number of carbonyl (C=O) groups is 1. The second-order valence-corrected chi connectivity index (χ2v) is 8.07. The molecular weight excluding hydrogens is 302 g/mol. The summed E-state index contributed by atoms with van der Waals surface area (Å²) in [7, 11) is 1.73. The molecule has 2 bridgehead atoms. The molecule has 0 radical (unpaired) electrons. The Kier molecular flexibility index (Phi) is 3.35. The molecule has 3 aliphatic carbocycles. The Morgan fingerprint density at radius 1 is 1.46 bits per heavy atom. The van der Waals surface area contributed by atoms with E-state index in [2.05, 4.69) is 29.1 Å². The molecule has 0 aromatic carbocycles. The van der Waals surface area contributed by atoms with Gasteiger partial charge in [-0.3, -0.25) is 4.99 Å². The average Bonchev–Trinajstić information content (AvgIpc) is 3.02. The van der Waals surface area contributed by atoms with Gasteiger partial charge < -0.3 is 15.7 Å². The number of nitrogens with two attached hydrogens (primary N) is 1. The van der Waals surface area contributed by atoms with Crippen LogP contribution in [-0.2, 0) is 4.79 Å². The van der Waals surface area contributed by atoms with Crippen molar-refractivity contribution >= 4 is 11.9 Å². The Hall–Kier alpha value is -1.78. The average molecular weight is 329 g/mol. The molecular formula is C19H27N3O2. The van der Waals surface area contributed by atoms with Crippen LogP contribution in [0, 0.1) is 22.7 Å². The number of rotatable bonds is 1. The van der Waals surface area contributed by atoms with E-state index in [-0.39, 0.29) is 10.8 Å². The van der Waals surface area contributed by atoms with E-state index < -0.39 is 5.97 Å². The summed E-state index contributed by atoms with van der Waals surface area (Å²) < 4.78 is 0. The smallest absolute Gasteiger partial charge is 0.331 e. The van der Waals surface area contributed by atoms with Crippen molar-refractivity contribution in [2.45, 2.75) is 45.4 Å². The normalized spacial score (nSPS) is 41.2. The highest BCUT2D eigenvalue weighted by atomic mass is 16.4. The molecule has 0 unspecified atom stereocenters. The van der Waals surface area contributed by atoms with Gasteiger partial charge in [-0.25, -0.2) is 4.79 Å². The van der Waals surface area contributed by atoms with Crippen molar-refractivity contribution in [3.05, 3.63) is 23.4 Å². The van der Waals surface area contributed by atoms with Gasteiger partial charge in [-0.15, -0.1) is 0 Å². The number of carboxylic acid groups (broad SMARTS) is 1. The van der Waals surface area contributed by atoms with Crippen LogP contribution in [0.3, 0.4) is 0 Å². The lowest BCUT2D eigenvalue weighted by Crippen LogP contribution is -2.56. The fraction of sp³-hybridized carbons (Fsp3) is 0.684. The third-order valence-electron chi connectivity index (χ3n) is 7.58. The lowest BCUT2D eigenvalue weighted by atomic mass is 9.49. The maximum absolute atomic E-state index is 11.8. The molecule has 0 aromatic heterocycles. The first kappa shape index (κ1) is 15.7. The van der Waals surface area contributed by atoms with Crippen LogP contribution in [0.2, 0.25) is 0 Å². The second-order valence-electron chi connectivity index (χ2n) is 8.07. The first-order chi connectivity index (χ1) is 11.5. The first-order valence-corrected chi connectivity index (χ1v) is 9.07. The first-order valence-electron chi connectivity index (χ1n) is 9.07. The van der Waals surface area contributed by atoms with Gasteiger partial charge in [0.1, 0.15) is 0 Å². The molecule has 0 aromatic rings. The van der Waals surface area contributed by atoms with E-state index >= 15 is 0 Å². The third-order valence-corrected chi connectivity index (χ3v) is 7.58. The van der Waals surface area contributed by atoms with Crippen molar-refractivity contribution in [2.24, 2.45) is 33.4 Å². The van der Waals surface area contributed by atoms with Crippen LogP contribution in [0.25, 0.3) is 0 Å². The van der Waals surface area contributed by atoms with Gasteiger partial charge >= 0.3 is 5.97 Å². The summed E-state index contributed by atoms with van der Waals surface area (Å²) in [6, 6.07) is 0. The highest BCUT2D eigenvalue weighted by Gasteiger charge is 2.68. The number of hydrogen-bond donors (Lipinski definition) is 2. The Bertz CT molecular complexity index is 680. The minimum Gasteiger partial charge on any atom is -0.478 e. The molecule has 0 saturated heterocycles. The van der Waals surface area contributed by atoms with Crippen molar-refractivity contribution < 1.29 is 9.90 Å². The van der Waals surface area contributed by atoms with Crippen LogP contribution in [0.15, 0.2) is 28.4 Å². The van der Waals surface area contributed by atoms with E-state index in [4.69, 9.17) is 5.73 Å². The van der Waals surface area contributed by atoms with Gasteiger partial charge in [0.2, 0.25) is 0 Å². The molecule has 2 fully saturated rings. The molecule has 0 amide bonds. The Morgan fingerprint density at radius 2 is 2.25 bits per heavy atom. The predicted octanol–water partition coefficient (Wildman–Crippen LogP) is 2.75. The van der Waals surface area contributed by atoms with E-state index in [1.807, 2.05) is 0 Å². The van der Waals surface area contributed by atoms with Crippen molar-refractivity contribution in [1.82, 2.24) is 4.90 Å². The molecule has 2 spiro atoms. The molecule has 5 nitrogen and oxygen atoms in total. The monoisotopic (exact) mass is 329 g/mol. The largest absolute Gasteiger partial charge is 0.478 e. The molecule has 3 N–H and O–H groups in total.